The van der Waals surface area contributed by atoms with Gasteiger partial charge in [0.05, 0.1) is 13.7 Å². The fourth-order valence-corrected chi connectivity index (χ4v) is 2.49. The van der Waals surface area contributed by atoms with Crippen LogP contribution in [0.25, 0.3) is 6.08 Å². The van der Waals surface area contributed by atoms with Gasteiger partial charge in [0.15, 0.2) is 18.1 Å². The Morgan fingerprint density at radius 1 is 1.20 bits per heavy atom. The van der Waals surface area contributed by atoms with Gasteiger partial charge in [-0.15, -0.1) is 0 Å². The highest BCUT2D eigenvalue weighted by Gasteiger charge is 2.06. The minimum absolute atomic E-state index is 0.276. The van der Waals surface area contributed by atoms with Crippen LogP contribution in [-0.4, -0.2) is 38.7 Å². The normalized spacial score (nSPS) is 10.4. The van der Waals surface area contributed by atoms with Gasteiger partial charge in [-0.05, 0) is 40.6 Å². The summed E-state index contributed by atoms with van der Waals surface area (Å²) >= 11 is 1.53. The second-order valence-electron chi connectivity index (χ2n) is 4.85. The van der Waals surface area contributed by atoms with E-state index >= 15 is 0 Å². The van der Waals surface area contributed by atoms with E-state index in [4.69, 9.17) is 14.2 Å². The van der Waals surface area contributed by atoms with Crippen LogP contribution in [-0.2, 0) is 14.3 Å². The summed E-state index contributed by atoms with van der Waals surface area (Å²) in [5.74, 6) is 0.275. The van der Waals surface area contributed by atoms with Crippen LogP contribution in [0.15, 0.2) is 47.2 Å². The number of rotatable bonds is 9. The number of hydrogen-bond acceptors (Lipinski definition) is 6. The molecule has 0 bridgehead atoms. The van der Waals surface area contributed by atoms with Gasteiger partial charge in [0.25, 0.3) is 5.91 Å². The van der Waals surface area contributed by atoms with Crippen molar-refractivity contribution in [3.63, 3.8) is 0 Å². The molecule has 2 aromatic rings. The number of para-hydroxylation sites is 2. The second-order valence-corrected chi connectivity index (χ2v) is 5.63. The Hall–Kier alpha value is -2.80. The van der Waals surface area contributed by atoms with E-state index in [1.54, 1.807) is 25.3 Å². The summed E-state index contributed by atoms with van der Waals surface area (Å²) in [4.78, 5) is 23.1. The van der Waals surface area contributed by atoms with Gasteiger partial charge in [0.2, 0.25) is 0 Å². The lowest BCUT2D eigenvalue weighted by Gasteiger charge is -2.10. The maximum atomic E-state index is 11.6. The maximum Gasteiger partial charge on any atom is 0.331 e. The molecule has 0 unspecified atom stereocenters. The lowest BCUT2D eigenvalue weighted by molar-refractivity contribution is -0.143. The molecule has 0 radical (unpaired) electrons. The summed E-state index contributed by atoms with van der Waals surface area (Å²) in [7, 11) is 1.56. The van der Waals surface area contributed by atoms with Crippen LogP contribution in [0.4, 0.5) is 0 Å². The predicted octanol–water partition coefficient (Wildman–Crippen LogP) is 2.51. The van der Waals surface area contributed by atoms with Crippen LogP contribution in [0.1, 0.15) is 5.56 Å². The monoisotopic (exact) mass is 361 g/mol. The van der Waals surface area contributed by atoms with Gasteiger partial charge < -0.3 is 19.5 Å². The van der Waals surface area contributed by atoms with Gasteiger partial charge in [-0.25, -0.2) is 4.79 Å². The van der Waals surface area contributed by atoms with Crippen LogP contribution in [0.3, 0.4) is 0 Å². The number of amides is 1. The lowest BCUT2D eigenvalue weighted by Crippen LogP contribution is -2.31. The fraction of sp³-hybridized carbons (Fsp3) is 0.222. The molecule has 1 N–H and O–H groups in total. The van der Waals surface area contributed by atoms with Crippen molar-refractivity contribution in [2.75, 3.05) is 26.9 Å². The standard InChI is InChI=1S/C18H19NO5S/c1-22-15-4-2-3-5-16(15)23-10-9-19-17(20)12-24-18(21)7-6-14-8-11-25-13-14/h2-8,11,13H,9-10,12H2,1H3,(H,19,20)/b7-6+. The minimum Gasteiger partial charge on any atom is -0.493 e. The fourth-order valence-electron chi connectivity index (χ4n) is 1.86. The molecule has 132 valence electrons. The minimum atomic E-state index is -0.563. The van der Waals surface area contributed by atoms with Crippen molar-refractivity contribution in [2.45, 2.75) is 0 Å². The van der Waals surface area contributed by atoms with Gasteiger partial charge in [-0.1, -0.05) is 12.1 Å². The van der Waals surface area contributed by atoms with Gasteiger partial charge >= 0.3 is 5.97 Å². The second kappa shape index (κ2) is 10.1. The SMILES string of the molecule is COc1ccccc1OCCNC(=O)COC(=O)/C=C/c1ccsc1. The molecule has 0 atom stereocenters. The molecule has 7 heteroatoms. The number of esters is 1. The maximum absolute atomic E-state index is 11.6. The first-order valence-electron chi connectivity index (χ1n) is 7.58. The molecule has 0 saturated heterocycles. The molecule has 0 spiro atoms. The Labute approximate surface area is 150 Å². The molecule has 1 aromatic carbocycles. The summed E-state index contributed by atoms with van der Waals surface area (Å²) in [5.41, 5.74) is 0.917. The highest BCUT2D eigenvalue weighted by Crippen LogP contribution is 2.25. The molecule has 0 saturated carbocycles. The molecule has 2 rings (SSSR count). The van der Waals surface area contributed by atoms with E-state index in [-0.39, 0.29) is 19.1 Å². The Bertz CT molecular complexity index is 712. The van der Waals surface area contributed by atoms with E-state index in [0.717, 1.165) is 5.56 Å². The summed E-state index contributed by atoms with van der Waals surface area (Å²) < 4.78 is 15.5. The molecule has 0 fully saturated rings. The molecule has 25 heavy (non-hydrogen) atoms. The van der Waals surface area contributed by atoms with Crippen molar-refractivity contribution in [3.8, 4) is 11.5 Å². The van der Waals surface area contributed by atoms with E-state index in [1.807, 2.05) is 29.0 Å². The van der Waals surface area contributed by atoms with E-state index in [1.165, 1.54) is 17.4 Å². The Kier molecular flexibility index (Phi) is 7.52. The zero-order chi connectivity index (χ0) is 17.9. The van der Waals surface area contributed by atoms with Crippen LogP contribution < -0.4 is 14.8 Å². The van der Waals surface area contributed by atoms with Crippen molar-refractivity contribution >= 4 is 29.3 Å². The highest BCUT2D eigenvalue weighted by molar-refractivity contribution is 7.08. The van der Waals surface area contributed by atoms with E-state index < -0.39 is 5.97 Å². The summed E-state index contributed by atoms with van der Waals surface area (Å²) in [5, 5.41) is 6.42. The average molecular weight is 361 g/mol. The zero-order valence-corrected chi connectivity index (χ0v) is 14.6. The molecule has 1 heterocycles. The number of carbonyl (C=O) groups is 2. The van der Waals surface area contributed by atoms with Crippen molar-refractivity contribution < 1.29 is 23.8 Å². The molecular weight excluding hydrogens is 342 g/mol. The average Bonchev–Trinajstić information content (AvgIpc) is 3.15. The number of thiophene rings is 1. The first kappa shape index (κ1) is 18.5. The Morgan fingerprint density at radius 3 is 2.72 bits per heavy atom. The number of ether oxygens (including phenoxy) is 3. The van der Waals surface area contributed by atoms with Crippen LogP contribution >= 0.6 is 11.3 Å². The lowest BCUT2D eigenvalue weighted by atomic mass is 10.3. The third kappa shape index (κ3) is 6.68. The van der Waals surface area contributed by atoms with Crippen molar-refractivity contribution in [1.29, 1.82) is 0 Å². The molecule has 6 nitrogen and oxygen atoms in total. The third-order valence-corrected chi connectivity index (χ3v) is 3.75. The van der Waals surface area contributed by atoms with Gasteiger partial charge in [0.1, 0.15) is 6.61 Å². The first-order valence-corrected chi connectivity index (χ1v) is 8.53. The summed E-state index contributed by atoms with van der Waals surface area (Å²) in [6.45, 7) is 0.235. The number of methoxy groups -OCH3 is 1. The highest BCUT2D eigenvalue weighted by atomic mass is 32.1. The molecule has 0 aliphatic rings. The van der Waals surface area contributed by atoms with Crippen molar-refractivity contribution in [1.82, 2.24) is 5.32 Å². The van der Waals surface area contributed by atoms with E-state index in [2.05, 4.69) is 5.32 Å². The van der Waals surface area contributed by atoms with E-state index in [9.17, 15) is 9.59 Å². The number of carbonyl (C=O) groups excluding carboxylic acids is 2. The largest absolute Gasteiger partial charge is 0.493 e. The van der Waals surface area contributed by atoms with Crippen LogP contribution in [0, 0.1) is 0 Å². The molecule has 1 amide bonds. The topological polar surface area (TPSA) is 73.9 Å². The number of benzene rings is 1. The van der Waals surface area contributed by atoms with Gasteiger partial charge in [0, 0.05) is 6.08 Å². The first-order chi connectivity index (χ1) is 12.2. The smallest absolute Gasteiger partial charge is 0.331 e. The van der Waals surface area contributed by atoms with Crippen LogP contribution in [0.2, 0.25) is 0 Å². The quantitative estimate of drug-likeness (QED) is 0.422. The molecule has 1 aromatic heterocycles. The van der Waals surface area contributed by atoms with Crippen molar-refractivity contribution in [3.05, 3.63) is 52.7 Å². The third-order valence-electron chi connectivity index (χ3n) is 3.05. The Balaban J connectivity index is 1.61. The Morgan fingerprint density at radius 2 is 2.00 bits per heavy atom. The van der Waals surface area contributed by atoms with Crippen molar-refractivity contribution in [2.24, 2.45) is 0 Å². The number of nitrogens with one attached hydrogen (secondary N) is 1. The molecule has 0 aliphatic heterocycles. The summed E-state index contributed by atoms with van der Waals surface area (Å²) in [6.07, 6.45) is 2.93. The predicted molar refractivity (Wildman–Crippen MR) is 95.8 cm³/mol. The van der Waals surface area contributed by atoms with Gasteiger partial charge in [-0.3, -0.25) is 4.79 Å². The molecular formula is C18H19NO5S. The molecule has 0 aliphatic carbocycles. The number of hydrogen-bond donors (Lipinski definition) is 1. The zero-order valence-electron chi connectivity index (χ0n) is 13.8. The van der Waals surface area contributed by atoms with Gasteiger partial charge in [-0.2, -0.15) is 11.3 Å². The summed E-state index contributed by atoms with van der Waals surface area (Å²) in [6, 6.07) is 9.12. The van der Waals surface area contributed by atoms with Crippen LogP contribution in [0.5, 0.6) is 11.5 Å². The van der Waals surface area contributed by atoms with E-state index in [0.29, 0.717) is 18.0 Å².